The standard InChI is InChI=1S/C3H13NSi2.CH4/c1-6(2,3)4-5;/h4H,1-3,5H3;1H4. The van der Waals surface area contributed by atoms with Gasteiger partial charge in [-0.15, -0.1) is 0 Å². The van der Waals surface area contributed by atoms with Crippen molar-refractivity contribution in [1.82, 2.24) is 4.65 Å². The molecule has 0 bridgehead atoms. The van der Waals surface area contributed by atoms with E-state index in [1.807, 2.05) is 0 Å². The minimum Gasteiger partial charge on any atom is -0.367 e. The number of rotatable bonds is 1. The Morgan fingerprint density at radius 3 is 1.43 bits per heavy atom. The summed E-state index contributed by atoms with van der Waals surface area (Å²) in [5.74, 6) is 0. The van der Waals surface area contributed by atoms with E-state index in [2.05, 4.69) is 24.3 Å². The fourth-order valence-electron chi connectivity index (χ4n) is 0. The maximum atomic E-state index is 3.38. The Bertz CT molecular complexity index is 39.4. The first kappa shape index (κ1) is 10.4. The Labute approximate surface area is 51.1 Å². The third-order valence-corrected chi connectivity index (χ3v) is 6.75. The molecule has 1 nitrogen and oxygen atoms in total. The zero-order valence-electron chi connectivity index (χ0n) is 5.00. The van der Waals surface area contributed by atoms with Crippen molar-refractivity contribution in [2.24, 2.45) is 0 Å². The Kier molecular flexibility index (Phi) is 5.05. The lowest BCUT2D eigenvalue weighted by Gasteiger charge is -2.12. The minimum absolute atomic E-state index is 0. The zero-order valence-corrected chi connectivity index (χ0v) is 8.00. The maximum absolute atomic E-state index is 3.38. The third-order valence-electron chi connectivity index (χ3n) is 0.750. The molecular weight excluding hydrogens is 118 g/mol. The molecule has 0 saturated heterocycles. The Morgan fingerprint density at radius 2 is 1.43 bits per heavy atom. The predicted octanol–water partition coefficient (Wildman–Crippen LogP) is 0.327. The Hall–Kier alpha value is 0.394. The lowest BCUT2D eigenvalue weighted by Crippen LogP contribution is -2.38. The zero-order chi connectivity index (χ0) is 5.21. The highest BCUT2D eigenvalue weighted by Gasteiger charge is 2.05. The van der Waals surface area contributed by atoms with Gasteiger partial charge in [-0.1, -0.05) is 27.1 Å². The van der Waals surface area contributed by atoms with Gasteiger partial charge in [-0.3, -0.25) is 0 Å². The van der Waals surface area contributed by atoms with Crippen molar-refractivity contribution in [3.05, 3.63) is 0 Å². The van der Waals surface area contributed by atoms with E-state index in [0.29, 0.717) is 0 Å². The van der Waals surface area contributed by atoms with Gasteiger partial charge in [0.25, 0.3) is 0 Å². The van der Waals surface area contributed by atoms with Crippen LogP contribution in [0.1, 0.15) is 7.43 Å². The van der Waals surface area contributed by atoms with Crippen LogP contribution in [0.3, 0.4) is 0 Å². The van der Waals surface area contributed by atoms with Gasteiger partial charge in [-0.05, 0) is 0 Å². The van der Waals surface area contributed by atoms with Crippen molar-refractivity contribution in [2.75, 3.05) is 0 Å². The SMILES string of the molecule is C.C[Si](C)(C)N[SiH3]. The molecule has 0 heterocycles. The van der Waals surface area contributed by atoms with E-state index in [1.165, 1.54) is 0 Å². The van der Waals surface area contributed by atoms with Crippen LogP contribution in [0.15, 0.2) is 0 Å². The van der Waals surface area contributed by atoms with E-state index in [0.717, 1.165) is 10.4 Å². The van der Waals surface area contributed by atoms with E-state index in [1.54, 1.807) is 0 Å². The highest BCUT2D eigenvalue weighted by Crippen LogP contribution is 1.88. The molecule has 0 aromatic rings. The second-order valence-corrected chi connectivity index (χ2v) is 9.00. The molecule has 0 aliphatic rings. The molecule has 0 amide bonds. The molecule has 1 N–H and O–H groups in total. The molecule has 0 spiro atoms. The van der Waals surface area contributed by atoms with Gasteiger partial charge in [0.1, 0.15) is 8.24 Å². The van der Waals surface area contributed by atoms with Gasteiger partial charge in [-0.25, -0.2) is 0 Å². The number of hydrogen-bond acceptors (Lipinski definition) is 1. The second-order valence-electron chi connectivity index (χ2n) is 2.50. The molecule has 0 aromatic carbocycles. The van der Waals surface area contributed by atoms with Crippen LogP contribution in [0.4, 0.5) is 0 Å². The topological polar surface area (TPSA) is 12.0 Å². The van der Waals surface area contributed by atoms with Gasteiger partial charge in [-0.2, -0.15) is 0 Å². The molecular formula is C4H17NSi2. The minimum atomic E-state index is -0.819. The molecule has 0 radical (unpaired) electrons. The first-order chi connectivity index (χ1) is 2.56. The average molecular weight is 135 g/mol. The quantitative estimate of drug-likeness (QED) is 0.511. The summed E-state index contributed by atoms with van der Waals surface area (Å²) in [5.41, 5.74) is 0. The van der Waals surface area contributed by atoms with Gasteiger partial charge >= 0.3 is 0 Å². The molecule has 0 rings (SSSR count). The van der Waals surface area contributed by atoms with Crippen molar-refractivity contribution < 1.29 is 0 Å². The summed E-state index contributed by atoms with van der Waals surface area (Å²) in [6, 6.07) is 0. The van der Waals surface area contributed by atoms with Crippen LogP contribution in [-0.4, -0.2) is 18.6 Å². The van der Waals surface area contributed by atoms with Crippen molar-refractivity contribution in [3.8, 4) is 0 Å². The molecule has 0 aliphatic carbocycles. The molecule has 0 unspecified atom stereocenters. The summed E-state index contributed by atoms with van der Waals surface area (Å²) in [6.45, 7) is 6.92. The lowest BCUT2D eigenvalue weighted by molar-refractivity contribution is 1.43. The Balaban J connectivity index is 0. The van der Waals surface area contributed by atoms with Crippen LogP contribution in [0.25, 0.3) is 0 Å². The normalized spacial score (nSPS) is 10.7. The van der Waals surface area contributed by atoms with E-state index in [-0.39, 0.29) is 7.43 Å². The highest BCUT2D eigenvalue weighted by atomic mass is 28.4. The van der Waals surface area contributed by atoms with E-state index < -0.39 is 8.24 Å². The summed E-state index contributed by atoms with van der Waals surface area (Å²) < 4.78 is 3.38. The third kappa shape index (κ3) is 10.7. The number of nitrogens with one attached hydrogen (secondary N) is 1. The van der Waals surface area contributed by atoms with Crippen LogP contribution in [0.2, 0.25) is 19.6 Å². The number of hydrogen-bond donors (Lipinski definition) is 1. The Morgan fingerprint density at radius 1 is 1.29 bits per heavy atom. The summed E-state index contributed by atoms with van der Waals surface area (Å²) >= 11 is 0. The van der Waals surface area contributed by atoms with Gasteiger partial charge in [0.2, 0.25) is 0 Å². The fraction of sp³-hybridized carbons (Fsp3) is 1.00. The smallest absolute Gasteiger partial charge is 0.109 e. The second kappa shape index (κ2) is 3.40. The van der Waals surface area contributed by atoms with Crippen molar-refractivity contribution in [3.63, 3.8) is 0 Å². The van der Waals surface area contributed by atoms with Gasteiger partial charge in [0, 0.05) is 0 Å². The largest absolute Gasteiger partial charge is 0.367 e. The van der Waals surface area contributed by atoms with Crippen LogP contribution in [0, 0.1) is 0 Å². The monoisotopic (exact) mass is 135 g/mol. The molecule has 0 aliphatic heterocycles. The summed E-state index contributed by atoms with van der Waals surface area (Å²) in [5, 5.41) is 0. The van der Waals surface area contributed by atoms with Gasteiger partial charge in [0.15, 0.2) is 0 Å². The molecule has 0 atom stereocenters. The molecule has 7 heavy (non-hydrogen) atoms. The van der Waals surface area contributed by atoms with E-state index >= 15 is 0 Å². The van der Waals surface area contributed by atoms with Crippen molar-refractivity contribution in [1.29, 1.82) is 0 Å². The molecule has 46 valence electrons. The van der Waals surface area contributed by atoms with Crippen LogP contribution >= 0.6 is 0 Å². The fourth-order valence-corrected chi connectivity index (χ4v) is 0. The van der Waals surface area contributed by atoms with Crippen LogP contribution < -0.4 is 4.65 Å². The molecule has 0 saturated carbocycles. The first-order valence-corrected chi connectivity index (χ1v) is 6.75. The van der Waals surface area contributed by atoms with Gasteiger partial charge < -0.3 is 4.65 Å². The van der Waals surface area contributed by atoms with E-state index in [9.17, 15) is 0 Å². The summed E-state index contributed by atoms with van der Waals surface area (Å²) in [4.78, 5) is 0. The highest BCUT2D eigenvalue weighted by molar-refractivity contribution is 6.77. The first-order valence-electron chi connectivity index (χ1n) is 2.25. The van der Waals surface area contributed by atoms with Crippen molar-refractivity contribution >= 4 is 18.6 Å². The molecule has 0 fully saturated rings. The summed E-state index contributed by atoms with van der Waals surface area (Å²) in [6.07, 6.45) is 0. The molecule has 3 heteroatoms. The average Bonchev–Trinajstić information content (AvgIpc) is 1.35. The lowest BCUT2D eigenvalue weighted by atomic mass is 11.8. The van der Waals surface area contributed by atoms with Crippen LogP contribution in [-0.2, 0) is 0 Å². The van der Waals surface area contributed by atoms with Crippen LogP contribution in [0.5, 0.6) is 0 Å². The maximum Gasteiger partial charge on any atom is 0.109 e. The molecule has 0 aromatic heterocycles. The van der Waals surface area contributed by atoms with Crippen molar-refractivity contribution in [2.45, 2.75) is 27.1 Å². The van der Waals surface area contributed by atoms with Gasteiger partial charge in [0.05, 0.1) is 10.4 Å². The predicted molar refractivity (Wildman–Crippen MR) is 43.2 cm³/mol. The van der Waals surface area contributed by atoms with E-state index in [4.69, 9.17) is 0 Å². The summed E-state index contributed by atoms with van der Waals surface area (Å²) in [7, 11) is 0.340.